The van der Waals surface area contributed by atoms with E-state index >= 15 is 0 Å². The summed E-state index contributed by atoms with van der Waals surface area (Å²) in [6, 6.07) is 6.52. The Labute approximate surface area is 182 Å². The van der Waals surface area contributed by atoms with E-state index in [-0.39, 0.29) is 11.2 Å². The molecule has 0 saturated heterocycles. The van der Waals surface area contributed by atoms with Gasteiger partial charge in [0.2, 0.25) is 5.95 Å². The van der Waals surface area contributed by atoms with Gasteiger partial charge >= 0.3 is 0 Å². The summed E-state index contributed by atoms with van der Waals surface area (Å²) < 4.78 is 15.4. The van der Waals surface area contributed by atoms with Gasteiger partial charge in [0, 0.05) is 55.1 Å². The van der Waals surface area contributed by atoms with Crippen LogP contribution in [0.4, 0.5) is 27.7 Å². The number of benzene rings is 1. The summed E-state index contributed by atoms with van der Waals surface area (Å²) in [4.78, 5) is 15.9. The molecule has 0 fully saturated rings. The van der Waals surface area contributed by atoms with Gasteiger partial charge in [-0.1, -0.05) is 20.4 Å². The summed E-state index contributed by atoms with van der Waals surface area (Å²) in [5, 5.41) is 6.55. The lowest BCUT2D eigenvalue weighted by Gasteiger charge is -2.21. The van der Waals surface area contributed by atoms with Crippen LogP contribution in [0.5, 0.6) is 0 Å². The largest absolute Gasteiger partial charge is 0.373 e. The fraction of sp³-hybridized carbons (Fsp3) is 0.348. The molecule has 0 radical (unpaired) electrons. The normalized spacial score (nSPS) is 14.4. The zero-order valence-electron chi connectivity index (χ0n) is 18.4. The summed E-state index contributed by atoms with van der Waals surface area (Å²) in [6.45, 7) is 11.8. The van der Waals surface area contributed by atoms with Crippen molar-refractivity contribution in [2.45, 2.75) is 32.6 Å². The molecule has 2 aromatic heterocycles. The molecule has 0 spiro atoms. The highest BCUT2D eigenvalue weighted by atomic mass is 19.1. The van der Waals surface area contributed by atoms with Crippen molar-refractivity contribution >= 4 is 29.0 Å². The van der Waals surface area contributed by atoms with Gasteiger partial charge in [-0.25, -0.2) is 9.37 Å². The number of rotatable bonds is 7. The summed E-state index contributed by atoms with van der Waals surface area (Å²) >= 11 is 0. The molecule has 0 unspecified atom stereocenters. The number of hydrogen-bond donors (Lipinski definition) is 2. The lowest BCUT2D eigenvalue weighted by Crippen LogP contribution is -2.25. The van der Waals surface area contributed by atoms with Crippen LogP contribution in [0.1, 0.15) is 31.5 Å². The molecule has 0 saturated carbocycles. The molecule has 1 aliphatic rings. The van der Waals surface area contributed by atoms with E-state index in [1.807, 2.05) is 24.7 Å². The van der Waals surface area contributed by atoms with Crippen LogP contribution in [0, 0.1) is 12.7 Å². The molecule has 31 heavy (non-hydrogen) atoms. The minimum absolute atomic E-state index is 0.159. The van der Waals surface area contributed by atoms with Crippen molar-refractivity contribution in [1.29, 1.82) is 0 Å². The van der Waals surface area contributed by atoms with Crippen LogP contribution < -0.4 is 15.5 Å². The van der Waals surface area contributed by atoms with Crippen molar-refractivity contribution < 1.29 is 4.39 Å². The van der Waals surface area contributed by atoms with Crippen LogP contribution in [0.3, 0.4) is 0 Å². The standard InChI is InChI=1S/C23H28FN7/c1-15-12-30(14-27-15)16(2)10-11-26-22-28-20(25-5)19-21(29-22)31(13-23(19,3)4)18-8-6-17(24)7-9-18/h6-9,12,14H,2,10-11,13H2,1,3-5H3,(H2,25,26,28,29). The fourth-order valence-electron chi connectivity index (χ4n) is 3.95. The number of anilines is 4. The molecule has 3 heterocycles. The Bertz CT molecular complexity index is 1100. The van der Waals surface area contributed by atoms with Crippen LogP contribution in [-0.4, -0.2) is 39.7 Å². The molecule has 3 aromatic rings. The summed E-state index contributed by atoms with van der Waals surface area (Å²) in [7, 11) is 1.87. The van der Waals surface area contributed by atoms with E-state index in [1.165, 1.54) is 12.1 Å². The van der Waals surface area contributed by atoms with E-state index in [9.17, 15) is 4.39 Å². The first-order valence-corrected chi connectivity index (χ1v) is 10.3. The topological polar surface area (TPSA) is 70.9 Å². The van der Waals surface area contributed by atoms with Crippen LogP contribution >= 0.6 is 0 Å². The Morgan fingerprint density at radius 1 is 1.23 bits per heavy atom. The van der Waals surface area contributed by atoms with E-state index in [0.717, 1.165) is 47.2 Å². The van der Waals surface area contributed by atoms with Gasteiger partial charge in [-0.2, -0.15) is 9.97 Å². The van der Waals surface area contributed by atoms with Gasteiger partial charge in [-0.3, -0.25) is 0 Å². The van der Waals surface area contributed by atoms with E-state index < -0.39 is 0 Å². The van der Waals surface area contributed by atoms with E-state index in [1.54, 1.807) is 18.5 Å². The van der Waals surface area contributed by atoms with Crippen LogP contribution in [0.2, 0.25) is 0 Å². The molecule has 4 rings (SSSR count). The SMILES string of the molecule is C=C(CCNc1nc(NC)c2c(n1)N(c1ccc(F)cc1)CC2(C)C)n1cnc(C)c1. The quantitative estimate of drug-likeness (QED) is 0.583. The summed E-state index contributed by atoms with van der Waals surface area (Å²) in [6.07, 6.45) is 4.44. The van der Waals surface area contributed by atoms with Crippen molar-refractivity contribution in [1.82, 2.24) is 19.5 Å². The zero-order valence-corrected chi connectivity index (χ0v) is 18.4. The molecule has 1 aliphatic heterocycles. The van der Waals surface area contributed by atoms with Crippen molar-refractivity contribution in [3.8, 4) is 0 Å². The average Bonchev–Trinajstić information content (AvgIpc) is 3.29. The molecule has 162 valence electrons. The number of nitrogens with zero attached hydrogens (tertiary/aromatic N) is 5. The smallest absolute Gasteiger partial charge is 0.226 e. The molecule has 1 aromatic carbocycles. The third-order valence-electron chi connectivity index (χ3n) is 5.52. The maximum absolute atomic E-state index is 13.5. The first-order valence-electron chi connectivity index (χ1n) is 10.3. The molecule has 8 heteroatoms. The van der Waals surface area contributed by atoms with Crippen LogP contribution in [-0.2, 0) is 5.41 Å². The molecular weight excluding hydrogens is 393 g/mol. The molecule has 0 atom stereocenters. The first-order chi connectivity index (χ1) is 14.8. The maximum atomic E-state index is 13.5. The Hall–Kier alpha value is -3.42. The number of aryl methyl sites for hydroxylation is 1. The highest BCUT2D eigenvalue weighted by molar-refractivity contribution is 5.75. The number of imidazole rings is 1. The second kappa shape index (κ2) is 8.02. The maximum Gasteiger partial charge on any atom is 0.226 e. The van der Waals surface area contributed by atoms with Gasteiger partial charge in [0.05, 0.1) is 12.0 Å². The van der Waals surface area contributed by atoms with Gasteiger partial charge in [0.1, 0.15) is 17.5 Å². The van der Waals surface area contributed by atoms with Gasteiger partial charge in [-0.15, -0.1) is 0 Å². The Morgan fingerprint density at radius 2 is 1.97 bits per heavy atom. The number of nitrogens with one attached hydrogen (secondary N) is 2. The van der Waals surface area contributed by atoms with Crippen molar-refractivity contribution in [2.75, 3.05) is 35.7 Å². The minimum atomic E-state index is -0.253. The fourth-order valence-corrected chi connectivity index (χ4v) is 3.95. The molecule has 0 aliphatic carbocycles. The number of hydrogen-bond acceptors (Lipinski definition) is 6. The molecular formula is C23H28FN7. The Morgan fingerprint density at radius 3 is 2.61 bits per heavy atom. The second-order valence-electron chi connectivity index (χ2n) is 8.46. The van der Waals surface area contributed by atoms with E-state index in [4.69, 9.17) is 9.97 Å². The lowest BCUT2D eigenvalue weighted by molar-refractivity contribution is 0.569. The van der Waals surface area contributed by atoms with Gasteiger partial charge in [-0.05, 0) is 31.2 Å². The summed E-state index contributed by atoms with van der Waals surface area (Å²) in [5.41, 5.74) is 3.70. The Kier molecular flexibility index (Phi) is 5.39. The third-order valence-corrected chi connectivity index (χ3v) is 5.52. The average molecular weight is 422 g/mol. The zero-order chi connectivity index (χ0) is 22.2. The van der Waals surface area contributed by atoms with Gasteiger partial charge in [0.25, 0.3) is 0 Å². The predicted molar refractivity (Wildman–Crippen MR) is 123 cm³/mol. The first kappa shape index (κ1) is 20.8. The van der Waals surface area contributed by atoms with Crippen molar-refractivity contribution in [2.24, 2.45) is 0 Å². The predicted octanol–water partition coefficient (Wildman–Crippen LogP) is 4.56. The summed E-state index contributed by atoms with van der Waals surface area (Å²) in [5.74, 6) is 1.92. The highest BCUT2D eigenvalue weighted by Gasteiger charge is 2.40. The monoisotopic (exact) mass is 421 g/mol. The van der Waals surface area contributed by atoms with E-state index in [2.05, 4.69) is 40.9 Å². The third kappa shape index (κ3) is 4.10. The minimum Gasteiger partial charge on any atom is -0.373 e. The lowest BCUT2D eigenvalue weighted by atomic mass is 9.88. The second-order valence-corrected chi connectivity index (χ2v) is 8.46. The highest BCUT2D eigenvalue weighted by Crippen LogP contribution is 2.46. The van der Waals surface area contributed by atoms with Crippen molar-refractivity contribution in [3.05, 3.63) is 60.4 Å². The van der Waals surface area contributed by atoms with Gasteiger partial charge in [0.15, 0.2) is 0 Å². The molecule has 0 bridgehead atoms. The number of aromatic nitrogens is 4. The number of fused-ring (bicyclic) bond motifs is 1. The number of halogens is 1. The van der Waals surface area contributed by atoms with Crippen LogP contribution in [0.25, 0.3) is 5.70 Å². The molecule has 2 N–H and O–H groups in total. The van der Waals surface area contributed by atoms with Gasteiger partial charge < -0.3 is 20.1 Å². The van der Waals surface area contributed by atoms with Crippen LogP contribution in [0.15, 0.2) is 43.4 Å². The Balaban J connectivity index is 1.58. The van der Waals surface area contributed by atoms with Crippen molar-refractivity contribution in [3.63, 3.8) is 0 Å². The van der Waals surface area contributed by atoms with E-state index in [0.29, 0.717) is 12.5 Å². The molecule has 0 amide bonds. The molecule has 7 nitrogen and oxygen atoms in total.